The zero-order chi connectivity index (χ0) is 15.8. The van der Waals surface area contributed by atoms with Crippen LogP contribution in [0.2, 0.25) is 0 Å². The van der Waals surface area contributed by atoms with Crippen LogP contribution >= 0.6 is 24.0 Å². The van der Waals surface area contributed by atoms with Gasteiger partial charge in [-0.2, -0.15) is 0 Å². The average Bonchev–Trinajstić information content (AvgIpc) is 3.08. The van der Waals surface area contributed by atoms with Gasteiger partial charge < -0.3 is 24.8 Å². The monoisotopic (exact) mass is 435 g/mol. The molecule has 2 rings (SSSR count). The summed E-state index contributed by atoms with van der Waals surface area (Å²) in [7, 11) is 5.03. The number of aliphatic imine (C=N–C) groups is 1. The number of ether oxygens (including phenoxy) is 3. The van der Waals surface area contributed by atoms with E-state index in [9.17, 15) is 0 Å². The molecule has 1 atom stereocenters. The molecule has 1 saturated heterocycles. The van der Waals surface area contributed by atoms with E-state index in [-0.39, 0.29) is 24.0 Å². The number of nitrogens with zero attached hydrogens (tertiary/aromatic N) is 1. The Morgan fingerprint density at radius 2 is 2.04 bits per heavy atom. The smallest absolute Gasteiger partial charge is 0.191 e. The van der Waals surface area contributed by atoms with Crippen LogP contribution in [0.15, 0.2) is 23.2 Å². The highest BCUT2D eigenvalue weighted by molar-refractivity contribution is 14.0. The highest BCUT2D eigenvalue weighted by atomic mass is 127. The molecule has 0 saturated carbocycles. The van der Waals surface area contributed by atoms with Crippen LogP contribution in [0.5, 0.6) is 11.5 Å². The van der Waals surface area contributed by atoms with Crippen molar-refractivity contribution in [2.45, 2.75) is 25.5 Å². The molecule has 1 aliphatic rings. The normalized spacial score (nSPS) is 17.3. The number of hydrogen-bond donors (Lipinski definition) is 2. The molecule has 7 heteroatoms. The molecule has 0 aliphatic carbocycles. The molecule has 0 spiro atoms. The van der Waals surface area contributed by atoms with Gasteiger partial charge in [-0.25, -0.2) is 0 Å². The van der Waals surface area contributed by atoms with Crippen LogP contribution < -0.4 is 20.1 Å². The number of methoxy groups -OCH3 is 2. The zero-order valence-corrected chi connectivity index (χ0v) is 16.3. The Bertz CT molecular complexity index is 505. The fourth-order valence-electron chi connectivity index (χ4n) is 2.41. The largest absolute Gasteiger partial charge is 0.493 e. The summed E-state index contributed by atoms with van der Waals surface area (Å²) in [5, 5.41) is 6.58. The summed E-state index contributed by atoms with van der Waals surface area (Å²) < 4.78 is 16.1. The molecule has 1 aliphatic heterocycles. The van der Waals surface area contributed by atoms with Crippen molar-refractivity contribution in [3.05, 3.63) is 23.8 Å². The van der Waals surface area contributed by atoms with Gasteiger partial charge in [0.1, 0.15) is 0 Å². The van der Waals surface area contributed by atoms with Crippen molar-refractivity contribution in [2.24, 2.45) is 4.99 Å². The Morgan fingerprint density at radius 3 is 2.65 bits per heavy atom. The van der Waals surface area contributed by atoms with Crippen molar-refractivity contribution in [1.82, 2.24) is 10.6 Å². The van der Waals surface area contributed by atoms with Crippen molar-refractivity contribution in [2.75, 3.05) is 34.4 Å². The van der Waals surface area contributed by atoms with E-state index < -0.39 is 0 Å². The van der Waals surface area contributed by atoms with E-state index in [1.165, 1.54) is 0 Å². The van der Waals surface area contributed by atoms with E-state index in [2.05, 4.69) is 15.6 Å². The molecule has 0 amide bonds. The van der Waals surface area contributed by atoms with E-state index in [0.29, 0.717) is 12.6 Å². The number of benzene rings is 1. The zero-order valence-electron chi connectivity index (χ0n) is 13.9. The van der Waals surface area contributed by atoms with Gasteiger partial charge >= 0.3 is 0 Å². The predicted octanol–water partition coefficient (Wildman–Crippen LogP) is 2.17. The molecule has 1 unspecified atom stereocenters. The second-order valence-corrected chi connectivity index (χ2v) is 5.13. The van der Waals surface area contributed by atoms with Crippen LogP contribution in [0.3, 0.4) is 0 Å². The van der Waals surface area contributed by atoms with Crippen molar-refractivity contribution in [3.63, 3.8) is 0 Å². The number of guanidine groups is 1. The highest BCUT2D eigenvalue weighted by Gasteiger charge is 2.15. The number of rotatable bonds is 6. The second-order valence-electron chi connectivity index (χ2n) is 5.13. The topological polar surface area (TPSA) is 64.1 Å². The SMILES string of the molecule is CN=C(NCc1ccc(OC)c(OC)c1)NCC1CCCO1.I. The molecule has 130 valence electrons. The lowest BCUT2D eigenvalue weighted by Gasteiger charge is -2.15. The summed E-state index contributed by atoms with van der Waals surface area (Å²) in [6, 6.07) is 5.86. The maximum absolute atomic E-state index is 5.59. The third-order valence-corrected chi connectivity index (χ3v) is 3.65. The first-order valence-electron chi connectivity index (χ1n) is 7.54. The van der Waals surface area contributed by atoms with Crippen LogP contribution in [0.25, 0.3) is 0 Å². The molecule has 6 nitrogen and oxygen atoms in total. The van der Waals surface area contributed by atoms with E-state index in [1.807, 2.05) is 18.2 Å². The van der Waals surface area contributed by atoms with Crippen molar-refractivity contribution >= 4 is 29.9 Å². The van der Waals surface area contributed by atoms with Crippen LogP contribution in [-0.4, -0.2) is 46.5 Å². The van der Waals surface area contributed by atoms with E-state index in [4.69, 9.17) is 14.2 Å². The highest BCUT2D eigenvalue weighted by Crippen LogP contribution is 2.27. The van der Waals surface area contributed by atoms with Gasteiger partial charge in [0.2, 0.25) is 0 Å². The first kappa shape index (κ1) is 19.8. The van der Waals surface area contributed by atoms with Gasteiger partial charge in [0.25, 0.3) is 0 Å². The standard InChI is InChI=1S/C16H25N3O3.HI/c1-17-16(19-11-13-5-4-8-22-13)18-10-12-6-7-14(20-2)15(9-12)21-3;/h6-7,9,13H,4-5,8,10-11H2,1-3H3,(H2,17,18,19);1H. The van der Waals surface area contributed by atoms with Crippen molar-refractivity contribution in [1.29, 1.82) is 0 Å². The Labute approximate surface area is 155 Å². The average molecular weight is 435 g/mol. The van der Waals surface area contributed by atoms with Crippen molar-refractivity contribution in [3.8, 4) is 11.5 Å². The minimum Gasteiger partial charge on any atom is -0.493 e. The summed E-state index contributed by atoms with van der Waals surface area (Å²) >= 11 is 0. The van der Waals surface area contributed by atoms with Gasteiger partial charge in [-0.3, -0.25) is 4.99 Å². The Balaban J connectivity index is 0.00000264. The van der Waals surface area contributed by atoms with Gasteiger partial charge in [-0.05, 0) is 30.5 Å². The van der Waals surface area contributed by atoms with Crippen molar-refractivity contribution < 1.29 is 14.2 Å². The molecular formula is C16H26IN3O3. The molecule has 1 fully saturated rings. The van der Waals surface area contributed by atoms with Crippen LogP contribution in [0.4, 0.5) is 0 Å². The number of hydrogen-bond acceptors (Lipinski definition) is 4. The molecule has 0 bridgehead atoms. The molecular weight excluding hydrogens is 409 g/mol. The van der Waals surface area contributed by atoms with Gasteiger partial charge in [0, 0.05) is 26.7 Å². The number of halogens is 1. The maximum Gasteiger partial charge on any atom is 0.191 e. The van der Waals surface area contributed by atoms with E-state index >= 15 is 0 Å². The van der Waals surface area contributed by atoms with Gasteiger partial charge in [-0.15, -0.1) is 24.0 Å². The molecule has 0 radical (unpaired) electrons. The minimum atomic E-state index is 0. The molecule has 23 heavy (non-hydrogen) atoms. The molecule has 2 N–H and O–H groups in total. The first-order valence-corrected chi connectivity index (χ1v) is 7.54. The van der Waals surface area contributed by atoms with Gasteiger partial charge in [-0.1, -0.05) is 6.07 Å². The summed E-state index contributed by atoms with van der Waals surface area (Å²) in [5.41, 5.74) is 1.10. The first-order chi connectivity index (χ1) is 10.8. The van der Waals surface area contributed by atoms with Crippen LogP contribution in [-0.2, 0) is 11.3 Å². The van der Waals surface area contributed by atoms with E-state index in [0.717, 1.165) is 49.0 Å². The maximum atomic E-state index is 5.59. The third kappa shape index (κ3) is 6.06. The molecule has 1 aromatic rings. The predicted molar refractivity (Wildman–Crippen MR) is 102 cm³/mol. The lowest BCUT2D eigenvalue weighted by Crippen LogP contribution is -2.40. The van der Waals surface area contributed by atoms with Crippen LogP contribution in [0.1, 0.15) is 18.4 Å². The molecule has 1 aromatic carbocycles. The van der Waals surface area contributed by atoms with E-state index in [1.54, 1.807) is 21.3 Å². The second kappa shape index (κ2) is 10.5. The number of nitrogens with one attached hydrogen (secondary N) is 2. The Morgan fingerprint density at radius 1 is 1.26 bits per heavy atom. The fourth-order valence-corrected chi connectivity index (χ4v) is 2.41. The van der Waals surface area contributed by atoms with Gasteiger partial charge in [0.15, 0.2) is 17.5 Å². The minimum absolute atomic E-state index is 0. The molecule has 0 aromatic heterocycles. The lowest BCUT2D eigenvalue weighted by molar-refractivity contribution is 0.114. The summed E-state index contributed by atoms with van der Waals surface area (Å²) in [4.78, 5) is 4.22. The Hall–Kier alpha value is -1.22. The lowest BCUT2D eigenvalue weighted by atomic mass is 10.2. The Kier molecular flexibility index (Phi) is 9.08. The summed E-state index contributed by atoms with van der Waals surface area (Å²) in [6.07, 6.45) is 2.54. The summed E-state index contributed by atoms with van der Waals surface area (Å²) in [5.74, 6) is 2.22. The molecule has 1 heterocycles. The quantitative estimate of drug-likeness (QED) is 0.408. The van der Waals surface area contributed by atoms with Gasteiger partial charge in [0.05, 0.1) is 20.3 Å². The fraction of sp³-hybridized carbons (Fsp3) is 0.562. The third-order valence-electron chi connectivity index (χ3n) is 3.65. The summed E-state index contributed by atoms with van der Waals surface area (Å²) in [6.45, 7) is 2.31. The van der Waals surface area contributed by atoms with Crippen LogP contribution in [0, 0.1) is 0 Å².